The Bertz CT molecular complexity index is 1320. The van der Waals surface area contributed by atoms with Crippen molar-refractivity contribution >= 4 is 80.6 Å². The first-order chi connectivity index (χ1) is 15.8. The van der Waals surface area contributed by atoms with Crippen LogP contribution in [-0.4, -0.2) is 17.7 Å². The largest absolute Gasteiger partial charge is 0.350 e. The highest BCUT2D eigenvalue weighted by Crippen LogP contribution is 2.34. The molecule has 4 rings (SSSR count). The summed E-state index contributed by atoms with van der Waals surface area (Å²) < 4.78 is 1.08. The predicted octanol–water partition coefficient (Wildman–Crippen LogP) is 5.94. The van der Waals surface area contributed by atoms with Crippen molar-refractivity contribution in [3.05, 3.63) is 97.2 Å². The van der Waals surface area contributed by atoms with Gasteiger partial charge in [0.15, 0.2) is 0 Å². The summed E-state index contributed by atoms with van der Waals surface area (Å²) in [4.78, 5) is 39.0. The Labute approximate surface area is 213 Å². The monoisotopic (exact) mass is 591 g/mol. The maximum Gasteiger partial charge on any atom is 0.283 e. The van der Waals surface area contributed by atoms with Crippen molar-refractivity contribution in [3.63, 3.8) is 0 Å². The number of aryl methyl sites for hydroxylation is 1. The fourth-order valence-electron chi connectivity index (χ4n) is 3.27. The van der Waals surface area contributed by atoms with Crippen LogP contribution in [0, 0.1) is 10.5 Å². The highest BCUT2D eigenvalue weighted by atomic mass is 127. The van der Waals surface area contributed by atoms with Crippen LogP contribution < -0.4 is 15.5 Å². The topological polar surface area (TPSA) is 78.5 Å². The van der Waals surface area contributed by atoms with Gasteiger partial charge < -0.3 is 10.6 Å². The summed E-state index contributed by atoms with van der Waals surface area (Å²) in [6.07, 6.45) is 0. The molecule has 9 heteroatoms. The van der Waals surface area contributed by atoms with Crippen molar-refractivity contribution in [2.75, 3.05) is 15.5 Å². The van der Waals surface area contributed by atoms with Gasteiger partial charge in [-0.1, -0.05) is 35.3 Å². The number of amides is 3. The van der Waals surface area contributed by atoms with Gasteiger partial charge in [-0.15, -0.1) is 0 Å². The summed E-state index contributed by atoms with van der Waals surface area (Å²) in [6, 6.07) is 18.7. The number of rotatable bonds is 5. The molecule has 0 radical (unpaired) electrons. The number of nitrogens with one attached hydrogen (secondary N) is 2. The molecule has 2 N–H and O–H groups in total. The van der Waals surface area contributed by atoms with E-state index in [2.05, 4.69) is 33.2 Å². The number of halogens is 3. The second-order valence-electron chi connectivity index (χ2n) is 7.20. The molecule has 1 heterocycles. The highest BCUT2D eigenvalue weighted by Gasteiger charge is 2.39. The van der Waals surface area contributed by atoms with Crippen molar-refractivity contribution in [3.8, 4) is 0 Å². The standard InChI is InChI=1S/C24H16Cl2IN3O3/c1-13-12-15(27)8-11-18(13)29-22(31)14-6-9-16(10-7-14)28-21-20(26)23(32)30(24(21)33)19-5-3-2-4-17(19)25/h2-12,28H,1H3,(H,29,31). The Morgan fingerprint density at radius 1 is 0.939 bits per heavy atom. The molecule has 3 aromatic carbocycles. The number of hydrogen-bond acceptors (Lipinski definition) is 4. The van der Waals surface area contributed by atoms with Gasteiger partial charge in [0, 0.05) is 20.5 Å². The van der Waals surface area contributed by atoms with E-state index < -0.39 is 11.8 Å². The van der Waals surface area contributed by atoms with Gasteiger partial charge in [-0.2, -0.15) is 0 Å². The van der Waals surface area contributed by atoms with Crippen LogP contribution >= 0.6 is 45.8 Å². The van der Waals surface area contributed by atoms with Crippen LogP contribution in [0.15, 0.2) is 77.5 Å². The van der Waals surface area contributed by atoms with Crippen LogP contribution in [0.5, 0.6) is 0 Å². The Hall–Kier alpha value is -2.88. The van der Waals surface area contributed by atoms with Gasteiger partial charge in [0.2, 0.25) is 0 Å². The zero-order valence-corrected chi connectivity index (χ0v) is 20.8. The SMILES string of the molecule is Cc1cc(I)ccc1NC(=O)c1ccc(NC2=C(Cl)C(=O)N(c3ccccc3Cl)C2=O)cc1. The summed E-state index contributed by atoms with van der Waals surface area (Å²) in [5.74, 6) is -1.55. The first-order valence-corrected chi connectivity index (χ1v) is 11.6. The van der Waals surface area contributed by atoms with Gasteiger partial charge in [0.05, 0.1) is 10.7 Å². The van der Waals surface area contributed by atoms with E-state index >= 15 is 0 Å². The number of nitrogens with zero attached hydrogens (tertiary/aromatic N) is 1. The molecule has 33 heavy (non-hydrogen) atoms. The Kier molecular flexibility index (Phi) is 6.73. The molecule has 0 aromatic heterocycles. The van der Waals surface area contributed by atoms with Gasteiger partial charge in [-0.25, -0.2) is 4.90 Å². The third kappa shape index (κ3) is 4.75. The average Bonchev–Trinajstić information content (AvgIpc) is 3.00. The van der Waals surface area contributed by atoms with Crippen LogP contribution in [-0.2, 0) is 9.59 Å². The maximum absolute atomic E-state index is 12.9. The Morgan fingerprint density at radius 3 is 2.30 bits per heavy atom. The number of carbonyl (C=O) groups excluding carboxylic acids is 3. The van der Waals surface area contributed by atoms with Crippen LogP contribution in [0.1, 0.15) is 15.9 Å². The minimum Gasteiger partial charge on any atom is -0.350 e. The van der Waals surface area contributed by atoms with E-state index in [-0.39, 0.29) is 27.3 Å². The summed E-state index contributed by atoms with van der Waals surface area (Å²) >= 11 is 14.5. The normalized spacial score (nSPS) is 13.5. The third-order valence-corrected chi connectivity index (χ3v) is 6.31. The fourth-order valence-corrected chi connectivity index (χ4v) is 4.35. The quantitative estimate of drug-likeness (QED) is 0.284. The smallest absolute Gasteiger partial charge is 0.283 e. The van der Waals surface area contributed by atoms with E-state index in [1.54, 1.807) is 48.5 Å². The van der Waals surface area contributed by atoms with Crippen molar-refractivity contribution in [1.29, 1.82) is 0 Å². The molecule has 3 amide bonds. The lowest BCUT2D eigenvalue weighted by Gasteiger charge is -2.16. The van der Waals surface area contributed by atoms with Gasteiger partial charge in [-0.05, 0) is 89.7 Å². The lowest BCUT2D eigenvalue weighted by molar-refractivity contribution is -0.120. The van der Waals surface area contributed by atoms with Crippen molar-refractivity contribution in [2.45, 2.75) is 6.92 Å². The summed E-state index contributed by atoms with van der Waals surface area (Å²) in [7, 11) is 0. The molecule has 0 saturated heterocycles. The number of benzene rings is 3. The summed E-state index contributed by atoms with van der Waals surface area (Å²) in [5.41, 5.74) is 2.81. The van der Waals surface area contributed by atoms with Crippen molar-refractivity contribution < 1.29 is 14.4 Å². The van der Waals surface area contributed by atoms with Gasteiger partial charge in [-0.3, -0.25) is 14.4 Å². The molecular weight excluding hydrogens is 576 g/mol. The summed E-state index contributed by atoms with van der Waals surface area (Å²) in [5, 5.41) is 5.78. The van der Waals surface area contributed by atoms with E-state index in [0.29, 0.717) is 11.3 Å². The first kappa shape index (κ1) is 23.3. The van der Waals surface area contributed by atoms with E-state index in [0.717, 1.165) is 19.7 Å². The molecule has 1 aliphatic heterocycles. The van der Waals surface area contributed by atoms with Crippen LogP contribution in [0.2, 0.25) is 5.02 Å². The zero-order chi connectivity index (χ0) is 23.7. The number of para-hydroxylation sites is 1. The molecular formula is C24H16Cl2IN3O3. The lowest BCUT2D eigenvalue weighted by atomic mass is 10.1. The molecule has 1 aliphatic rings. The number of anilines is 3. The molecule has 166 valence electrons. The molecule has 0 spiro atoms. The predicted molar refractivity (Wildman–Crippen MR) is 139 cm³/mol. The fraction of sp³-hybridized carbons (Fsp3) is 0.0417. The highest BCUT2D eigenvalue weighted by molar-refractivity contribution is 14.1. The van der Waals surface area contributed by atoms with Crippen LogP contribution in [0.4, 0.5) is 17.1 Å². The molecule has 0 saturated carbocycles. The number of hydrogen-bond donors (Lipinski definition) is 2. The van der Waals surface area contributed by atoms with E-state index in [1.807, 2.05) is 25.1 Å². The van der Waals surface area contributed by atoms with Crippen molar-refractivity contribution in [2.24, 2.45) is 0 Å². The van der Waals surface area contributed by atoms with Crippen molar-refractivity contribution in [1.82, 2.24) is 0 Å². The van der Waals surface area contributed by atoms with Gasteiger partial charge in [0.25, 0.3) is 17.7 Å². The molecule has 0 fully saturated rings. The van der Waals surface area contributed by atoms with Crippen LogP contribution in [0.3, 0.4) is 0 Å². The van der Waals surface area contributed by atoms with Crippen LogP contribution in [0.25, 0.3) is 0 Å². The minimum atomic E-state index is -0.666. The first-order valence-electron chi connectivity index (χ1n) is 9.74. The molecule has 0 aliphatic carbocycles. The Balaban J connectivity index is 1.49. The van der Waals surface area contributed by atoms with E-state index in [1.165, 1.54) is 0 Å². The molecule has 0 unspecified atom stereocenters. The summed E-state index contributed by atoms with van der Waals surface area (Å²) in [6.45, 7) is 1.92. The third-order valence-electron chi connectivity index (χ3n) is 4.97. The average molecular weight is 592 g/mol. The van der Waals surface area contributed by atoms with E-state index in [4.69, 9.17) is 23.2 Å². The van der Waals surface area contributed by atoms with E-state index in [9.17, 15) is 14.4 Å². The van der Waals surface area contributed by atoms with Gasteiger partial charge in [0.1, 0.15) is 10.7 Å². The zero-order valence-electron chi connectivity index (χ0n) is 17.2. The Morgan fingerprint density at radius 2 is 1.64 bits per heavy atom. The molecule has 0 atom stereocenters. The molecule has 3 aromatic rings. The maximum atomic E-state index is 12.9. The molecule has 0 bridgehead atoms. The molecule has 6 nitrogen and oxygen atoms in total. The second-order valence-corrected chi connectivity index (χ2v) is 9.23. The number of carbonyl (C=O) groups is 3. The van der Waals surface area contributed by atoms with Gasteiger partial charge >= 0.3 is 0 Å². The number of imide groups is 1. The second kappa shape index (κ2) is 9.54. The minimum absolute atomic E-state index is 0.0618. The lowest BCUT2D eigenvalue weighted by Crippen LogP contribution is -2.32.